The Kier molecular flexibility index (Phi) is 4.64. The van der Waals surface area contributed by atoms with Crippen molar-refractivity contribution < 1.29 is 8.42 Å². The number of piperidine rings is 1. The van der Waals surface area contributed by atoms with Crippen molar-refractivity contribution in [2.75, 3.05) is 31.1 Å². The number of sulfonamides is 1. The second-order valence-corrected chi connectivity index (χ2v) is 10.1. The lowest BCUT2D eigenvalue weighted by atomic mass is 9.93. The second-order valence-electron chi connectivity index (χ2n) is 8.53. The maximum absolute atomic E-state index is 12.7. The molecule has 8 nitrogen and oxygen atoms in total. The largest absolute Gasteiger partial charge is 0.370 e. The minimum Gasteiger partial charge on any atom is -0.370 e. The van der Waals surface area contributed by atoms with E-state index in [1.807, 2.05) is 13.1 Å². The third-order valence-corrected chi connectivity index (χ3v) is 6.82. The van der Waals surface area contributed by atoms with E-state index in [1.165, 1.54) is 0 Å². The van der Waals surface area contributed by atoms with Gasteiger partial charge in [-0.25, -0.2) is 17.7 Å². The van der Waals surface area contributed by atoms with Gasteiger partial charge in [-0.2, -0.15) is 4.98 Å². The zero-order valence-corrected chi connectivity index (χ0v) is 17.0. The molecule has 0 radical (unpaired) electrons. The number of nitrogens with zero attached hydrogens (tertiary/aromatic N) is 4. The van der Waals surface area contributed by atoms with Crippen molar-refractivity contribution in [2.45, 2.75) is 51.2 Å². The van der Waals surface area contributed by atoms with Crippen LogP contribution < -0.4 is 14.9 Å². The summed E-state index contributed by atoms with van der Waals surface area (Å²) in [5, 5.41) is 7.37. The highest BCUT2D eigenvalue weighted by atomic mass is 32.2. The van der Waals surface area contributed by atoms with Gasteiger partial charge in [0.25, 0.3) is 15.2 Å². The Labute approximate surface area is 160 Å². The molecule has 0 unspecified atom stereocenters. The highest BCUT2D eigenvalue weighted by molar-refractivity contribution is 7.89. The summed E-state index contributed by atoms with van der Waals surface area (Å²) in [6, 6.07) is 2.01. The summed E-state index contributed by atoms with van der Waals surface area (Å²) in [5.74, 6) is 0. The van der Waals surface area contributed by atoms with Crippen molar-refractivity contribution in [1.82, 2.24) is 24.6 Å². The Morgan fingerprint density at radius 2 is 2.04 bits per heavy atom. The summed E-state index contributed by atoms with van der Waals surface area (Å²) in [7, 11) is -3.72. The van der Waals surface area contributed by atoms with Gasteiger partial charge in [-0.3, -0.25) is 0 Å². The molecule has 0 saturated carbocycles. The molecule has 0 aliphatic carbocycles. The number of hydrogen-bond acceptors (Lipinski definition) is 6. The summed E-state index contributed by atoms with van der Waals surface area (Å²) in [6.07, 6.45) is 4.59. The van der Waals surface area contributed by atoms with E-state index in [0.29, 0.717) is 11.1 Å². The first-order valence-electron chi connectivity index (χ1n) is 9.59. The minimum atomic E-state index is -3.72. The Hall–Kier alpha value is -1.71. The topological polar surface area (TPSA) is 91.6 Å². The van der Waals surface area contributed by atoms with Gasteiger partial charge in [0.1, 0.15) is 0 Å². The first-order valence-corrected chi connectivity index (χ1v) is 11.1. The Balaban J connectivity index is 1.63. The number of anilines is 1. The molecule has 2 aromatic heterocycles. The molecule has 0 amide bonds. The number of aromatic nitrogens is 3. The maximum Gasteiger partial charge on any atom is 0.283 e. The molecule has 148 valence electrons. The van der Waals surface area contributed by atoms with E-state index in [1.54, 1.807) is 4.52 Å². The van der Waals surface area contributed by atoms with Crippen LogP contribution in [-0.2, 0) is 10.0 Å². The third-order valence-electron chi connectivity index (χ3n) is 5.53. The van der Waals surface area contributed by atoms with Crippen LogP contribution in [0.4, 0.5) is 5.69 Å². The number of nitrogens with one attached hydrogen (secondary N) is 2. The summed E-state index contributed by atoms with van der Waals surface area (Å²) >= 11 is 0. The molecule has 2 saturated heterocycles. The van der Waals surface area contributed by atoms with E-state index in [0.717, 1.165) is 56.7 Å². The fraction of sp³-hybridized carbons (Fsp3) is 0.667. The molecule has 2 aliphatic rings. The molecule has 4 rings (SSSR count). The molecule has 2 aromatic rings. The van der Waals surface area contributed by atoms with Crippen molar-refractivity contribution in [3.05, 3.63) is 17.8 Å². The molecule has 2 fully saturated rings. The maximum atomic E-state index is 12.7. The summed E-state index contributed by atoms with van der Waals surface area (Å²) in [5.41, 5.74) is 2.86. The van der Waals surface area contributed by atoms with Crippen LogP contribution in [0, 0.1) is 12.3 Å². The van der Waals surface area contributed by atoms with E-state index in [4.69, 9.17) is 0 Å². The molecular formula is C18H28N6O2S. The van der Waals surface area contributed by atoms with Gasteiger partial charge in [-0.1, -0.05) is 13.8 Å². The average Bonchev–Trinajstić information content (AvgIpc) is 3.19. The van der Waals surface area contributed by atoms with Crippen LogP contribution >= 0.6 is 0 Å². The highest BCUT2D eigenvalue weighted by Gasteiger charge is 2.30. The Bertz CT molecular complexity index is 946. The third kappa shape index (κ3) is 3.81. The zero-order chi connectivity index (χ0) is 19.2. The SMILES string of the molecule is Cc1cc(N2CCC(C)(C)C2)cn2nc(S(=O)(=O)NC3CCNCC3)nc12. The second kappa shape index (κ2) is 6.72. The van der Waals surface area contributed by atoms with Gasteiger partial charge < -0.3 is 10.2 Å². The molecule has 9 heteroatoms. The standard InChI is InChI=1S/C18H28N6O2S/c1-13-10-15(23-9-6-18(2,3)12-23)11-24-16(13)20-17(21-24)27(25,26)22-14-4-7-19-8-5-14/h10-11,14,19,22H,4-9,12H2,1-3H3. The Morgan fingerprint density at radius 3 is 2.70 bits per heavy atom. The minimum absolute atomic E-state index is 0.0636. The van der Waals surface area contributed by atoms with E-state index in [9.17, 15) is 8.42 Å². The summed E-state index contributed by atoms with van der Waals surface area (Å²) < 4.78 is 29.8. The van der Waals surface area contributed by atoms with E-state index < -0.39 is 10.0 Å². The van der Waals surface area contributed by atoms with Gasteiger partial charge in [-0.15, -0.1) is 5.10 Å². The predicted molar refractivity (Wildman–Crippen MR) is 105 cm³/mol. The van der Waals surface area contributed by atoms with Crippen LogP contribution in [0.15, 0.2) is 17.4 Å². The number of pyridine rings is 1. The van der Waals surface area contributed by atoms with Crippen molar-refractivity contribution in [1.29, 1.82) is 0 Å². The molecule has 0 aromatic carbocycles. The van der Waals surface area contributed by atoms with Gasteiger partial charge in [0.05, 0.1) is 11.9 Å². The van der Waals surface area contributed by atoms with E-state index in [-0.39, 0.29) is 11.2 Å². The van der Waals surface area contributed by atoms with Gasteiger partial charge in [0.2, 0.25) is 0 Å². The Morgan fingerprint density at radius 1 is 1.30 bits per heavy atom. The monoisotopic (exact) mass is 392 g/mol. The number of aryl methyl sites for hydroxylation is 1. The number of fused-ring (bicyclic) bond motifs is 1. The lowest BCUT2D eigenvalue weighted by Crippen LogP contribution is -2.42. The van der Waals surface area contributed by atoms with Crippen LogP contribution in [0.1, 0.15) is 38.7 Å². The van der Waals surface area contributed by atoms with E-state index >= 15 is 0 Å². The first kappa shape index (κ1) is 18.6. The van der Waals surface area contributed by atoms with Gasteiger partial charge in [-0.05, 0) is 56.3 Å². The van der Waals surface area contributed by atoms with Crippen molar-refractivity contribution in [3.63, 3.8) is 0 Å². The van der Waals surface area contributed by atoms with Gasteiger partial charge >= 0.3 is 0 Å². The van der Waals surface area contributed by atoms with Crippen molar-refractivity contribution in [3.8, 4) is 0 Å². The number of hydrogen-bond donors (Lipinski definition) is 2. The summed E-state index contributed by atoms with van der Waals surface area (Å²) in [6.45, 7) is 10.1. The number of rotatable bonds is 4. The van der Waals surface area contributed by atoms with Crippen LogP contribution in [0.25, 0.3) is 5.65 Å². The lowest BCUT2D eigenvalue weighted by molar-refractivity contribution is 0.418. The smallest absolute Gasteiger partial charge is 0.283 e. The van der Waals surface area contributed by atoms with Crippen LogP contribution in [0.3, 0.4) is 0 Å². The molecule has 2 N–H and O–H groups in total. The highest BCUT2D eigenvalue weighted by Crippen LogP contribution is 2.33. The average molecular weight is 393 g/mol. The molecule has 4 heterocycles. The predicted octanol–water partition coefficient (Wildman–Crippen LogP) is 1.30. The van der Waals surface area contributed by atoms with Crippen molar-refractivity contribution in [2.24, 2.45) is 5.41 Å². The fourth-order valence-corrected chi connectivity index (χ4v) is 5.13. The molecule has 27 heavy (non-hydrogen) atoms. The molecule has 0 atom stereocenters. The fourth-order valence-electron chi connectivity index (χ4n) is 3.94. The van der Waals surface area contributed by atoms with Crippen LogP contribution in [0.2, 0.25) is 0 Å². The summed E-state index contributed by atoms with van der Waals surface area (Å²) in [4.78, 5) is 6.64. The molecule has 0 bridgehead atoms. The van der Waals surface area contributed by atoms with Crippen LogP contribution in [-0.4, -0.2) is 55.2 Å². The molecular weight excluding hydrogens is 364 g/mol. The van der Waals surface area contributed by atoms with Gasteiger partial charge in [0.15, 0.2) is 5.65 Å². The zero-order valence-electron chi connectivity index (χ0n) is 16.2. The van der Waals surface area contributed by atoms with Gasteiger partial charge in [0, 0.05) is 19.1 Å². The first-order chi connectivity index (χ1) is 12.7. The molecule has 0 spiro atoms. The van der Waals surface area contributed by atoms with E-state index in [2.05, 4.69) is 44.9 Å². The lowest BCUT2D eigenvalue weighted by Gasteiger charge is -2.22. The van der Waals surface area contributed by atoms with Crippen molar-refractivity contribution >= 4 is 21.4 Å². The van der Waals surface area contributed by atoms with Crippen LogP contribution in [0.5, 0.6) is 0 Å². The molecule has 2 aliphatic heterocycles. The normalized spacial score (nSPS) is 21.2. The quantitative estimate of drug-likeness (QED) is 0.815.